The average Bonchev–Trinajstić information content (AvgIpc) is 2.77. The highest BCUT2D eigenvalue weighted by Gasteiger charge is 2.15. The first-order chi connectivity index (χ1) is 8.90. The van der Waals surface area contributed by atoms with Crippen molar-refractivity contribution in [1.29, 1.82) is 0 Å². The second-order valence-electron chi connectivity index (χ2n) is 5.66. The van der Waals surface area contributed by atoms with Crippen LogP contribution in [-0.4, -0.2) is 29.1 Å². The maximum absolute atomic E-state index is 10.9. The lowest BCUT2D eigenvalue weighted by Gasteiger charge is -2.23. The number of rotatable bonds is 8. The molecule has 1 aromatic heterocycles. The molecule has 0 unspecified atom stereocenters. The van der Waals surface area contributed by atoms with Crippen LogP contribution in [0.4, 0.5) is 5.13 Å². The second kappa shape index (κ2) is 7.48. The van der Waals surface area contributed by atoms with E-state index in [0.29, 0.717) is 16.7 Å². The highest BCUT2D eigenvalue weighted by molar-refractivity contribution is 7.17. The summed E-state index contributed by atoms with van der Waals surface area (Å²) >= 11 is 1.27. The number of nitrogens with zero attached hydrogens (tertiary/aromatic N) is 2. The van der Waals surface area contributed by atoms with Crippen molar-refractivity contribution in [3.63, 3.8) is 0 Å². The summed E-state index contributed by atoms with van der Waals surface area (Å²) in [7, 11) is 0. The Hall–Kier alpha value is -1.10. The quantitative estimate of drug-likeness (QED) is 0.790. The molecule has 0 aliphatic rings. The summed E-state index contributed by atoms with van der Waals surface area (Å²) < 4.78 is 0. The molecule has 19 heavy (non-hydrogen) atoms. The van der Waals surface area contributed by atoms with Crippen LogP contribution in [0.1, 0.15) is 50.2 Å². The van der Waals surface area contributed by atoms with Gasteiger partial charge in [-0.1, -0.05) is 39.0 Å². The molecule has 0 saturated carbocycles. The van der Waals surface area contributed by atoms with Crippen LogP contribution < -0.4 is 4.90 Å². The van der Waals surface area contributed by atoms with Crippen molar-refractivity contribution in [3.05, 3.63) is 11.1 Å². The molecule has 4 nitrogen and oxygen atoms in total. The van der Waals surface area contributed by atoms with Crippen LogP contribution in [0.2, 0.25) is 0 Å². The lowest BCUT2D eigenvalue weighted by molar-refractivity contribution is 0.0702. The highest BCUT2D eigenvalue weighted by atomic mass is 32.1. The van der Waals surface area contributed by atoms with Gasteiger partial charge >= 0.3 is 5.97 Å². The van der Waals surface area contributed by atoms with Gasteiger partial charge in [-0.2, -0.15) is 0 Å². The molecule has 1 aromatic rings. The van der Waals surface area contributed by atoms with Gasteiger partial charge < -0.3 is 10.0 Å². The normalized spacial score (nSPS) is 11.3. The zero-order valence-corrected chi connectivity index (χ0v) is 13.0. The molecule has 1 heterocycles. The molecule has 5 heteroatoms. The average molecular weight is 284 g/mol. The van der Waals surface area contributed by atoms with Gasteiger partial charge in [0.25, 0.3) is 0 Å². The van der Waals surface area contributed by atoms with E-state index in [2.05, 4.69) is 37.6 Å². The Morgan fingerprint density at radius 3 is 2.16 bits per heavy atom. The number of carboxylic acids is 1. The van der Waals surface area contributed by atoms with Crippen LogP contribution in [-0.2, 0) is 0 Å². The number of thiazole rings is 1. The summed E-state index contributed by atoms with van der Waals surface area (Å²) in [6, 6.07) is 0. The van der Waals surface area contributed by atoms with E-state index < -0.39 is 5.97 Å². The van der Waals surface area contributed by atoms with Gasteiger partial charge in [0.1, 0.15) is 4.88 Å². The summed E-state index contributed by atoms with van der Waals surface area (Å²) in [4.78, 5) is 17.7. The monoisotopic (exact) mass is 284 g/mol. The molecule has 108 valence electrons. The van der Waals surface area contributed by atoms with Crippen LogP contribution in [0.15, 0.2) is 6.20 Å². The van der Waals surface area contributed by atoms with Crippen LogP contribution in [0.5, 0.6) is 0 Å². The molecule has 0 saturated heterocycles. The van der Waals surface area contributed by atoms with Crippen molar-refractivity contribution < 1.29 is 9.90 Å². The third-order valence-electron chi connectivity index (χ3n) is 2.93. The highest BCUT2D eigenvalue weighted by Crippen LogP contribution is 2.24. The Labute approximate surface area is 119 Å². The molecule has 0 fully saturated rings. The van der Waals surface area contributed by atoms with Gasteiger partial charge in [-0.15, -0.1) is 0 Å². The van der Waals surface area contributed by atoms with E-state index in [9.17, 15) is 4.79 Å². The van der Waals surface area contributed by atoms with Gasteiger partial charge in [-0.25, -0.2) is 9.78 Å². The molecule has 0 amide bonds. The molecule has 1 N–H and O–H groups in total. The van der Waals surface area contributed by atoms with Gasteiger partial charge in [0.05, 0.1) is 6.20 Å². The summed E-state index contributed by atoms with van der Waals surface area (Å²) in [5.41, 5.74) is 0. The molecule has 0 atom stereocenters. The summed E-state index contributed by atoms with van der Waals surface area (Å²) in [5.74, 6) is 0.386. The Kier molecular flexibility index (Phi) is 6.28. The molecular weight excluding hydrogens is 260 g/mol. The smallest absolute Gasteiger partial charge is 0.347 e. The largest absolute Gasteiger partial charge is 0.477 e. The Balaban J connectivity index is 2.72. The second-order valence-corrected chi connectivity index (χ2v) is 6.67. The fourth-order valence-electron chi connectivity index (χ4n) is 1.64. The van der Waals surface area contributed by atoms with Crippen molar-refractivity contribution in [2.45, 2.75) is 40.5 Å². The standard InChI is InChI=1S/C14H24N2O2S/c1-10(2)5-7-16(8-6-11(3)4)14-15-9-12(19-14)13(17)18/h9-11H,5-8H2,1-4H3,(H,17,18). The van der Waals surface area contributed by atoms with Crippen molar-refractivity contribution in [2.75, 3.05) is 18.0 Å². The van der Waals surface area contributed by atoms with Crippen LogP contribution in [0, 0.1) is 11.8 Å². The molecule has 1 rings (SSSR count). The van der Waals surface area contributed by atoms with E-state index in [1.807, 2.05) is 0 Å². The van der Waals surface area contributed by atoms with Crippen molar-refractivity contribution in [3.8, 4) is 0 Å². The molecular formula is C14H24N2O2S. The van der Waals surface area contributed by atoms with Crippen molar-refractivity contribution in [2.24, 2.45) is 11.8 Å². The minimum Gasteiger partial charge on any atom is -0.477 e. The summed E-state index contributed by atoms with van der Waals surface area (Å²) in [6.07, 6.45) is 3.65. The number of anilines is 1. The van der Waals surface area contributed by atoms with Crippen molar-refractivity contribution >= 4 is 22.4 Å². The van der Waals surface area contributed by atoms with Crippen molar-refractivity contribution in [1.82, 2.24) is 4.98 Å². The Morgan fingerprint density at radius 1 is 1.26 bits per heavy atom. The van der Waals surface area contributed by atoms with Crippen LogP contribution in [0.25, 0.3) is 0 Å². The van der Waals surface area contributed by atoms with Gasteiger partial charge in [0, 0.05) is 13.1 Å². The lowest BCUT2D eigenvalue weighted by Crippen LogP contribution is -2.27. The van der Waals surface area contributed by atoms with Crippen LogP contribution >= 0.6 is 11.3 Å². The first-order valence-corrected chi connectivity index (χ1v) is 7.65. The van der Waals surface area contributed by atoms with Gasteiger partial charge in [0.15, 0.2) is 5.13 Å². The molecule has 0 aliphatic carbocycles. The minimum atomic E-state index is -0.892. The predicted octanol–water partition coefficient (Wildman–Crippen LogP) is 3.74. The number of carboxylic acid groups (broad SMARTS) is 1. The number of carbonyl (C=O) groups is 1. The SMILES string of the molecule is CC(C)CCN(CCC(C)C)c1ncc(C(=O)O)s1. The van der Waals surface area contributed by atoms with E-state index in [1.54, 1.807) is 0 Å². The molecule has 0 aliphatic heterocycles. The van der Waals surface area contributed by atoms with E-state index >= 15 is 0 Å². The number of aromatic carboxylic acids is 1. The molecule has 0 bridgehead atoms. The zero-order valence-electron chi connectivity index (χ0n) is 12.2. The molecule has 0 spiro atoms. The Bertz CT molecular complexity index is 390. The maximum Gasteiger partial charge on any atom is 0.347 e. The van der Waals surface area contributed by atoms with E-state index in [4.69, 9.17) is 5.11 Å². The fraction of sp³-hybridized carbons (Fsp3) is 0.714. The predicted molar refractivity (Wildman–Crippen MR) is 80.2 cm³/mol. The zero-order chi connectivity index (χ0) is 14.4. The third kappa shape index (κ3) is 5.59. The first kappa shape index (κ1) is 16.0. The maximum atomic E-state index is 10.9. The molecule has 0 aromatic carbocycles. The third-order valence-corrected chi connectivity index (χ3v) is 3.97. The topological polar surface area (TPSA) is 53.4 Å². The fourth-order valence-corrected chi connectivity index (χ4v) is 2.45. The number of aromatic nitrogens is 1. The van der Waals surface area contributed by atoms with E-state index in [-0.39, 0.29) is 0 Å². The van der Waals surface area contributed by atoms with Gasteiger partial charge in [-0.05, 0) is 24.7 Å². The summed E-state index contributed by atoms with van der Waals surface area (Å²) in [5, 5.41) is 9.80. The summed E-state index contributed by atoms with van der Waals surface area (Å²) in [6.45, 7) is 10.7. The number of hydrogen-bond donors (Lipinski definition) is 1. The van der Waals surface area contributed by atoms with Gasteiger partial charge in [-0.3, -0.25) is 0 Å². The lowest BCUT2D eigenvalue weighted by atomic mass is 10.1. The Morgan fingerprint density at radius 2 is 1.79 bits per heavy atom. The number of hydrogen-bond acceptors (Lipinski definition) is 4. The van der Waals surface area contributed by atoms with E-state index in [1.165, 1.54) is 17.5 Å². The minimum absolute atomic E-state index is 0.314. The van der Waals surface area contributed by atoms with E-state index in [0.717, 1.165) is 31.1 Å². The first-order valence-electron chi connectivity index (χ1n) is 6.84. The van der Waals surface area contributed by atoms with Gasteiger partial charge in [0.2, 0.25) is 0 Å². The van der Waals surface area contributed by atoms with Crippen LogP contribution in [0.3, 0.4) is 0 Å². The molecule has 0 radical (unpaired) electrons.